The lowest BCUT2D eigenvalue weighted by molar-refractivity contribution is -0.132. The monoisotopic (exact) mass is 366 g/mol. The number of carbonyl (C=O) groups is 1. The first-order valence-electron chi connectivity index (χ1n) is 9.36. The van der Waals surface area contributed by atoms with Gasteiger partial charge in [-0.05, 0) is 37.5 Å². The Morgan fingerprint density at radius 1 is 1.30 bits per heavy atom. The Bertz CT molecular complexity index is 766. The smallest absolute Gasteiger partial charge is 0.346 e. The molecule has 0 amide bonds. The number of hydrogen-bond acceptors (Lipinski definition) is 4. The fourth-order valence-corrected chi connectivity index (χ4v) is 2.82. The van der Waals surface area contributed by atoms with Crippen molar-refractivity contribution in [3.63, 3.8) is 0 Å². The van der Waals surface area contributed by atoms with E-state index in [-0.39, 0.29) is 5.57 Å². The lowest BCUT2D eigenvalue weighted by Gasteiger charge is -2.19. The van der Waals surface area contributed by atoms with Crippen molar-refractivity contribution in [1.29, 1.82) is 5.26 Å². The number of carboxylic acid groups (broad SMARTS) is 1. The number of nitriles is 1. The number of allylic oxidation sites excluding steroid dienone is 4. The quantitative estimate of drug-likeness (QED) is 0.300. The van der Waals surface area contributed by atoms with E-state index in [4.69, 9.17) is 15.1 Å². The van der Waals surface area contributed by atoms with E-state index in [1.54, 1.807) is 18.2 Å². The normalized spacial score (nSPS) is 14.8. The van der Waals surface area contributed by atoms with Crippen molar-refractivity contribution in [2.75, 3.05) is 24.6 Å². The first-order valence-corrected chi connectivity index (χ1v) is 9.36. The second-order valence-corrected chi connectivity index (χ2v) is 6.36. The third-order valence-electron chi connectivity index (χ3n) is 4.34. The second kappa shape index (κ2) is 10.9. The van der Waals surface area contributed by atoms with Crippen molar-refractivity contribution in [2.24, 2.45) is 0 Å². The largest absolute Gasteiger partial charge is 0.493 e. The molecule has 142 valence electrons. The highest BCUT2D eigenvalue weighted by atomic mass is 16.5. The number of hydrogen-bond donors (Lipinski definition) is 1. The van der Waals surface area contributed by atoms with E-state index in [0.29, 0.717) is 6.61 Å². The lowest BCUT2D eigenvalue weighted by atomic mass is 10.1. The summed E-state index contributed by atoms with van der Waals surface area (Å²) in [5.41, 5.74) is 1.87. The number of rotatable bonds is 9. The molecule has 1 aromatic rings. The van der Waals surface area contributed by atoms with E-state index in [0.717, 1.165) is 37.2 Å². The highest BCUT2D eigenvalue weighted by Gasteiger charge is 2.14. The number of anilines is 1. The highest BCUT2D eigenvalue weighted by molar-refractivity contribution is 5.91. The molecule has 0 atom stereocenters. The summed E-state index contributed by atoms with van der Waals surface area (Å²) in [7, 11) is 0. The first-order chi connectivity index (χ1) is 13.2. The molecule has 0 aromatic heterocycles. The predicted molar refractivity (Wildman–Crippen MR) is 108 cm³/mol. The van der Waals surface area contributed by atoms with Crippen LogP contribution in [0.3, 0.4) is 0 Å². The van der Waals surface area contributed by atoms with Crippen LogP contribution in [-0.2, 0) is 4.79 Å². The van der Waals surface area contributed by atoms with E-state index in [2.05, 4.69) is 24.0 Å². The van der Waals surface area contributed by atoms with Gasteiger partial charge < -0.3 is 14.7 Å². The van der Waals surface area contributed by atoms with Crippen molar-refractivity contribution in [2.45, 2.75) is 32.6 Å². The minimum atomic E-state index is -1.23. The van der Waals surface area contributed by atoms with E-state index in [1.165, 1.54) is 24.6 Å². The molecular weight excluding hydrogens is 340 g/mol. The molecule has 5 heteroatoms. The second-order valence-electron chi connectivity index (χ2n) is 6.36. The van der Waals surface area contributed by atoms with Gasteiger partial charge in [0.1, 0.15) is 17.4 Å². The van der Waals surface area contributed by atoms with Gasteiger partial charge in [-0.25, -0.2) is 4.79 Å². The van der Waals surface area contributed by atoms with Crippen LogP contribution in [0.1, 0.15) is 38.2 Å². The molecule has 1 aliphatic rings. The summed E-state index contributed by atoms with van der Waals surface area (Å²) < 4.78 is 5.99. The fourth-order valence-electron chi connectivity index (χ4n) is 2.82. The topological polar surface area (TPSA) is 73.6 Å². The number of benzene rings is 1. The van der Waals surface area contributed by atoms with Crippen LogP contribution in [0.5, 0.6) is 5.75 Å². The molecular formula is C22H26N2O3. The van der Waals surface area contributed by atoms with Crippen LogP contribution in [0.2, 0.25) is 0 Å². The van der Waals surface area contributed by atoms with Crippen LogP contribution in [0.25, 0.3) is 6.08 Å². The van der Waals surface area contributed by atoms with Crippen LogP contribution in [0, 0.1) is 11.3 Å². The van der Waals surface area contributed by atoms with Gasteiger partial charge in [-0.3, -0.25) is 0 Å². The molecule has 5 nitrogen and oxygen atoms in total. The molecule has 1 N–H and O–H groups in total. The molecule has 1 saturated heterocycles. The summed E-state index contributed by atoms with van der Waals surface area (Å²) in [6.07, 6.45) is 12.8. The van der Waals surface area contributed by atoms with Crippen molar-refractivity contribution >= 4 is 17.7 Å². The van der Waals surface area contributed by atoms with Gasteiger partial charge in [-0.1, -0.05) is 37.6 Å². The number of nitrogens with zero attached hydrogens (tertiary/aromatic N) is 2. The Morgan fingerprint density at radius 2 is 2.07 bits per heavy atom. The van der Waals surface area contributed by atoms with Gasteiger partial charge in [-0.2, -0.15) is 5.26 Å². The number of aliphatic carboxylic acids is 1. The van der Waals surface area contributed by atoms with Gasteiger partial charge in [0, 0.05) is 30.4 Å². The molecule has 0 radical (unpaired) electrons. The summed E-state index contributed by atoms with van der Waals surface area (Å²) in [5, 5.41) is 17.5. The molecule has 1 aliphatic heterocycles. The molecule has 0 bridgehead atoms. The van der Waals surface area contributed by atoms with Crippen molar-refractivity contribution in [3.05, 3.63) is 53.6 Å². The summed E-state index contributed by atoms with van der Waals surface area (Å²) in [5.74, 6) is -0.369. The van der Waals surface area contributed by atoms with E-state index >= 15 is 0 Å². The Kier molecular flexibility index (Phi) is 8.18. The average Bonchev–Trinajstić information content (AvgIpc) is 3.20. The van der Waals surface area contributed by atoms with Crippen LogP contribution in [0.4, 0.5) is 5.69 Å². The summed E-state index contributed by atoms with van der Waals surface area (Å²) in [6.45, 7) is 4.99. The van der Waals surface area contributed by atoms with Gasteiger partial charge >= 0.3 is 5.97 Å². The van der Waals surface area contributed by atoms with Crippen molar-refractivity contribution in [1.82, 2.24) is 0 Å². The minimum absolute atomic E-state index is 0.293. The molecule has 0 aliphatic carbocycles. The average molecular weight is 366 g/mol. The van der Waals surface area contributed by atoms with E-state index < -0.39 is 5.97 Å². The summed E-state index contributed by atoms with van der Waals surface area (Å²) in [6, 6.07) is 7.90. The number of carboxylic acids is 1. The van der Waals surface area contributed by atoms with Gasteiger partial charge in [0.15, 0.2) is 0 Å². The summed E-state index contributed by atoms with van der Waals surface area (Å²) >= 11 is 0. The third-order valence-corrected chi connectivity index (χ3v) is 4.34. The maximum absolute atomic E-state index is 10.8. The number of ether oxygens (including phenoxy) is 1. The van der Waals surface area contributed by atoms with Gasteiger partial charge in [-0.15, -0.1) is 0 Å². The standard InChI is InChI=1S/C22H26N2O3/c1-2-3-15-27-21-16-20(24-13-7-8-14-24)12-11-18(21)9-5-4-6-10-19(17-23)22(25)26/h4-6,9-12,16H,2-3,7-8,13-15H2,1H3,(H,25,26)/b6-4+,9-5+,19-10+. The molecule has 1 heterocycles. The molecule has 1 aromatic carbocycles. The van der Waals surface area contributed by atoms with E-state index in [1.807, 2.05) is 18.2 Å². The van der Waals surface area contributed by atoms with Gasteiger partial charge in [0.2, 0.25) is 0 Å². The Labute approximate surface area is 160 Å². The zero-order valence-electron chi connectivity index (χ0n) is 15.7. The maximum Gasteiger partial charge on any atom is 0.346 e. The Hall–Kier alpha value is -3.00. The van der Waals surface area contributed by atoms with Crippen LogP contribution >= 0.6 is 0 Å². The first kappa shape index (κ1) is 20.3. The summed E-state index contributed by atoms with van der Waals surface area (Å²) in [4.78, 5) is 13.1. The van der Waals surface area contributed by atoms with Crippen LogP contribution in [0.15, 0.2) is 48.1 Å². The molecule has 2 rings (SSSR count). The Morgan fingerprint density at radius 3 is 2.74 bits per heavy atom. The maximum atomic E-state index is 10.8. The van der Waals surface area contributed by atoms with Gasteiger partial charge in [0.05, 0.1) is 6.61 Å². The van der Waals surface area contributed by atoms with Crippen LogP contribution < -0.4 is 9.64 Å². The molecule has 0 spiro atoms. The SMILES string of the molecule is CCCCOc1cc(N2CCCC2)ccc1/C=C/C=C/C=C(\C#N)C(=O)O. The van der Waals surface area contributed by atoms with Gasteiger partial charge in [0.25, 0.3) is 0 Å². The van der Waals surface area contributed by atoms with Crippen LogP contribution in [-0.4, -0.2) is 30.8 Å². The third kappa shape index (κ3) is 6.34. The Balaban J connectivity index is 2.13. The molecule has 0 unspecified atom stereocenters. The predicted octanol–water partition coefficient (Wildman–Crippen LogP) is 4.57. The fraction of sp³-hybridized carbons (Fsp3) is 0.364. The van der Waals surface area contributed by atoms with Crippen molar-refractivity contribution in [3.8, 4) is 11.8 Å². The highest BCUT2D eigenvalue weighted by Crippen LogP contribution is 2.29. The zero-order valence-corrected chi connectivity index (χ0v) is 15.7. The molecule has 0 saturated carbocycles. The molecule has 1 fully saturated rings. The number of unbranched alkanes of at least 4 members (excludes halogenated alkanes) is 1. The zero-order chi connectivity index (χ0) is 19.5. The van der Waals surface area contributed by atoms with Crippen molar-refractivity contribution < 1.29 is 14.6 Å². The lowest BCUT2D eigenvalue weighted by Crippen LogP contribution is -2.17. The minimum Gasteiger partial charge on any atom is -0.493 e. The molecule has 27 heavy (non-hydrogen) atoms. The van der Waals surface area contributed by atoms with E-state index in [9.17, 15) is 4.79 Å².